The van der Waals surface area contributed by atoms with Crippen LogP contribution < -0.4 is 0 Å². The van der Waals surface area contributed by atoms with Crippen LogP contribution in [0.4, 0.5) is 0 Å². The lowest BCUT2D eigenvalue weighted by molar-refractivity contribution is -0.141. The quantitative estimate of drug-likeness (QED) is 0.547. The van der Waals surface area contributed by atoms with Gasteiger partial charge in [0.05, 0.1) is 0 Å². The highest BCUT2D eigenvalue weighted by Gasteiger charge is 2.27. The molecular weight excluding hydrogens is 228 g/mol. The van der Waals surface area contributed by atoms with Gasteiger partial charge >= 0.3 is 5.97 Å². The average molecular weight is 241 g/mol. The number of carbonyl (C=O) groups is 1. The van der Waals surface area contributed by atoms with Crippen LogP contribution in [0.15, 0.2) is 0 Å². The van der Waals surface area contributed by atoms with Gasteiger partial charge in [0.15, 0.2) is 5.44 Å². The molecule has 2 nitrogen and oxygen atoms in total. The summed E-state index contributed by atoms with van der Waals surface area (Å²) in [5.41, 5.74) is -0.0116. The molecule has 0 unspecified atom stereocenters. The molecule has 0 radical (unpaired) electrons. The molecule has 3 atom stereocenters. The minimum Gasteiger partial charge on any atom is -0.449 e. The summed E-state index contributed by atoms with van der Waals surface area (Å²) < 4.78 is 5.13. The molecule has 76 valence electrons. The molecule has 5 heteroatoms. The van der Waals surface area contributed by atoms with E-state index in [-0.39, 0.29) is 17.3 Å². The summed E-state index contributed by atoms with van der Waals surface area (Å²) in [6, 6.07) is 0. The summed E-state index contributed by atoms with van der Waals surface area (Å²) in [5.74, 6) is 0.506. The van der Waals surface area contributed by atoms with Gasteiger partial charge in [0, 0.05) is 16.3 Å². The summed E-state index contributed by atoms with van der Waals surface area (Å²) in [6.07, 6.45) is 0. The summed E-state index contributed by atoms with van der Waals surface area (Å²) in [6.45, 7) is 4.35. The van der Waals surface area contributed by atoms with Crippen molar-refractivity contribution in [1.29, 1.82) is 0 Å². The van der Waals surface area contributed by atoms with Gasteiger partial charge in [0.1, 0.15) is 5.88 Å². The molecule has 1 aliphatic heterocycles. The topological polar surface area (TPSA) is 26.3 Å². The van der Waals surface area contributed by atoms with Crippen molar-refractivity contribution in [2.75, 3.05) is 11.6 Å². The highest BCUT2D eigenvalue weighted by molar-refractivity contribution is 8.07. The number of carbonyl (C=O) groups excluding carboxylic acids is 1. The van der Waals surface area contributed by atoms with E-state index in [4.69, 9.17) is 16.3 Å². The summed E-state index contributed by atoms with van der Waals surface area (Å²) >= 11 is 8.91. The van der Waals surface area contributed by atoms with Crippen LogP contribution in [0.25, 0.3) is 0 Å². The molecule has 0 spiro atoms. The number of ether oxygens (including phenoxy) is 1. The predicted molar refractivity (Wildman–Crippen MR) is 59.6 cm³/mol. The fraction of sp³-hybridized carbons (Fsp3) is 0.875. The highest BCUT2D eigenvalue weighted by Crippen LogP contribution is 2.36. The Labute approximate surface area is 92.1 Å². The lowest BCUT2D eigenvalue weighted by Gasteiger charge is -2.30. The lowest BCUT2D eigenvalue weighted by Crippen LogP contribution is -2.29. The predicted octanol–water partition coefficient (Wildman–Crippen LogP) is 2.35. The van der Waals surface area contributed by atoms with Crippen LogP contribution in [0.1, 0.15) is 13.8 Å². The average Bonchev–Trinajstić information content (AvgIpc) is 2.11. The van der Waals surface area contributed by atoms with E-state index < -0.39 is 0 Å². The highest BCUT2D eigenvalue weighted by atomic mass is 35.5. The number of halogens is 1. The van der Waals surface area contributed by atoms with Crippen molar-refractivity contribution in [2.45, 2.75) is 29.8 Å². The van der Waals surface area contributed by atoms with E-state index in [0.29, 0.717) is 10.5 Å². The first-order chi connectivity index (χ1) is 6.13. The van der Waals surface area contributed by atoms with Gasteiger partial charge in [-0.2, -0.15) is 11.8 Å². The number of hydrogen-bond acceptors (Lipinski definition) is 4. The lowest BCUT2D eigenvalue weighted by atomic mass is 10.4. The normalized spacial score (nSPS) is 34.2. The maximum atomic E-state index is 10.9. The Hall–Kier alpha value is 0.460. The maximum absolute atomic E-state index is 10.9. The van der Waals surface area contributed by atoms with Gasteiger partial charge in [-0.25, -0.2) is 0 Å². The molecule has 1 aliphatic rings. The Morgan fingerprint density at radius 3 is 2.77 bits per heavy atom. The van der Waals surface area contributed by atoms with Gasteiger partial charge in [0.25, 0.3) is 0 Å². The van der Waals surface area contributed by atoms with Crippen molar-refractivity contribution >= 4 is 41.1 Å². The third-order valence-corrected chi connectivity index (χ3v) is 5.33. The number of rotatable bonds is 2. The van der Waals surface area contributed by atoms with E-state index in [9.17, 15) is 4.79 Å². The van der Waals surface area contributed by atoms with Crippen LogP contribution in [0.3, 0.4) is 0 Å². The number of hydrogen-bond donors (Lipinski definition) is 0. The number of alkyl halides is 1. The van der Waals surface area contributed by atoms with Crippen LogP contribution in [0.2, 0.25) is 0 Å². The van der Waals surface area contributed by atoms with Crippen molar-refractivity contribution in [3.05, 3.63) is 0 Å². The fourth-order valence-corrected chi connectivity index (χ4v) is 3.70. The van der Waals surface area contributed by atoms with Crippen LogP contribution >= 0.6 is 35.1 Å². The smallest absolute Gasteiger partial charge is 0.322 e. The Kier molecular flexibility index (Phi) is 4.76. The third kappa shape index (κ3) is 3.60. The molecule has 0 aromatic rings. The SMILES string of the molecule is C[C@@H]1SC[C@H](OC(=O)CCl)S[C@H]1C. The Bertz CT molecular complexity index is 189. The van der Waals surface area contributed by atoms with Gasteiger partial charge in [-0.1, -0.05) is 13.8 Å². The van der Waals surface area contributed by atoms with Gasteiger partial charge in [-0.15, -0.1) is 23.4 Å². The summed E-state index contributed by atoms with van der Waals surface area (Å²) in [5, 5.41) is 1.17. The molecule has 0 aromatic heterocycles. The largest absolute Gasteiger partial charge is 0.449 e. The Morgan fingerprint density at radius 2 is 2.23 bits per heavy atom. The zero-order valence-electron chi connectivity index (χ0n) is 7.66. The van der Waals surface area contributed by atoms with Gasteiger partial charge in [-0.05, 0) is 0 Å². The first-order valence-corrected chi connectivity index (χ1v) is 6.68. The molecule has 13 heavy (non-hydrogen) atoms. The minimum absolute atomic E-state index is 0.0116. The van der Waals surface area contributed by atoms with Crippen molar-refractivity contribution in [3.8, 4) is 0 Å². The molecule has 0 amide bonds. The Balaban J connectivity index is 2.33. The second kappa shape index (κ2) is 5.37. The third-order valence-electron chi connectivity index (χ3n) is 1.89. The Morgan fingerprint density at radius 1 is 1.54 bits per heavy atom. The molecular formula is C8H13ClO2S2. The zero-order chi connectivity index (χ0) is 9.84. The van der Waals surface area contributed by atoms with E-state index in [1.807, 2.05) is 11.8 Å². The molecule has 1 saturated heterocycles. The summed E-state index contributed by atoms with van der Waals surface area (Å²) in [4.78, 5) is 10.9. The van der Waals surface area contributed by atoms with Crippen LogP contribution in [-0.2, 0) is 9.53 Å². The first kappa shape index (κ1) is 11.5. The summed E-state index contributed by atoms with van der Waals surface area (Å²) in [7, 11) is 0. The van der Waals surface area contributed by atoms with Crippen LogP contribution in [0.5, 0.6) is 0 Å². The van der Waals surface area contributed by atoms with Gasteiger partial charge in [-0.3, -0.25) is 4.79 Å². The molecule has 0 N–H and O–H groups in total. The van der Waals surface area contributed by atoms with E-state index in [0.717, 1.165) is 5.75 Å². The zero-order valence-corrected chi connectivity index (χ0v) is 10.0. The molecule has 0 bridgehead atoms. The fourth-order valence-electron chi connectivity index (χ4n) is 0.995. The van der Waals surface area contributed by atoms with Crippen molar-refractivity contribution < 1.29 is 9.53 Å². The second-order valence-corrected chi connectivity index (χ2v) is 6.15. The molecule has 1 heterocycles. The second-order valence-electron chi connectivity index (χ2n) is 2.93. The maximum Gasteiger partial charge on any atom is 0.322 e. The van der Waals surface area contributed by atoms with Gasteiger partial charge in [0.2, 0.25) is 0 Å². The molecule has 0 aromatic carbocycles. The van der Waals surface area contributed by atoms with E-state index in [1.165, 1.54) is 0 Å². The van der Waals surface area contributed by atoms with Crippen LogP contribution in [-0.4, -0.2) is 33.5 Å². The van der Waals surface area contributed by atoms with E-state index >= 15 is 0 Å². The minimum atomic E-state index is -0.318. The van der Waals surface area contributed by atoms with E-state index in [2.05, 4.69) is 13.8 Å². The van der Waals surface area contributed by atoms with Crippen LogP contribution in [0, 0.1) is 0 Å². The van der Waals surface area contributed by atoms with Crippen molar-refractivity contribution in [2.24, 2.45) is 0 Å². The number of thioether (sulfide) groups is 2. The van der Waals surface area contributed by atoms with E-state index in [1.54, 1.807) is 11.8 Å². The van der Waals surface area contributed by atoms with Gasteiger partial charge < -0.3 is 4.74 Å². The standard InChI is InChI=1S/C8H13ClO2S2/c1-5-6(2)13-8(4-12-5)11-7(10)3-9/h5-6,8H,3-4H2,1-2H3/t5-,6-,8+/m0/s1. The molecule has 1 fully saturated rings. The molecule has 0 saturated carbocycles. The molecule has 1 rings (SSSR count). The first-order valence-electron chi connectivity index (χ1n) is 4.16. The van der Waals surface area contributed by atoms with Crippen molar-refractivity contribution in [3.63, 3.8) is 0 Å². The monoisotopic (exact) mass is 240 g/mol. The van der Waals surface area contributed by atoms with Crippen molar-refractivity contribution in [1.82, 2.24) is 0 Å². The number of esters is 1. The molecule has 0 aliphatic carbocycles.